The summed E-state index contributed by atoms with van der Waals surface area (Å²) >= 11 is 0. The van der Waals surface area contributed by atoms with Gasteiger partial charge >= 0.3 is 5.69 Å². The molecular formula is C11H12F2N2O3. The van der Waals surface area contributed by atoms with Gasteiger partial charge in [0.25, 0.3) is 5.91 Å². The van der Waals surface area contributed by atoms with Gasteiger partial charge in [-0.25, -0.2) is 4.39 Å². The van der Waals surface area contributed by atoms with Crippen molar-refractivity contribution in [3.63, 3.8) is 0 Å². The van der Waals surface area contributed by atoms with Gasteiger partial charge in [-0.2, -0.15) is 4.39 Å². The molecule has 0 aliphatic carbocycles. The van der Waals surface area contributed by atoms with E-state index in [4.69, 9.17) is 0 Å². The molecule has 0 atom stereocenters. The topological polar surface area (TPSA) is 63.5 Å². The molecule has 0 bridgehead atoms. The van der Waals surface area contributed by atoms with E-state index in [2.05, 4.69) is 0 Å². The van der Waals surface area contributed by atoms with Crippen LogP contribution in [0, 0.1) is 21.7 Å². The zero-order valence-electron chi connectivity index (χ0n) is 9.94. The van der Waals surface area contributed by atoms with Gasteiger partial charge in [0.15, 0.2) is 0 Å². The Labute approximate surface area is 102 Å². The molecule has 0 N–H and O–H groups in total. The van der Waals surface area contributed by atoms with Crippen molar-refractivity contribution in [2.45, 2.75) is 13.3 Å². The third kappa shape index (κ3) is 2.61. The van der Waals surface area contributed by atoms with E-state index in [0.29, 0.717) is 25.1 Å². The number of nitro groups is 1. The predicted octanol–water partition coefficient (Wildman–Crippen LogP) is 2.36. The number of amides is 1. The van der Waals surface area contributed by atoms with Gasteiger partial charge in [-0.3, -0.25) is 14.9 Å². The Morgan fingerprint density at radius 2 is 2.06 bits per heavy atom. The van der Waals surface area contributed by atoms with Crippen LogP contribution in [0.25, 0.3) is 0 Å². The molecule has 98 valence electrons. The van der Waals surface area contributed by atoms with Crippen molar-refractivity contribution in [3.8, 4) is 0 Å². The average molecular weight is 258 g/mol. The van der Waals surface area contributed by atoms with Crippen LogP contribution in [0.1, 0.15) is 23.7 Å². The fourth-order valence-electron chi connectivity index (χ4n) is 1.51. The van der Waals surface area contributed by atoms with Crippen LogP contribution in [-0.4, -0.2) is 29.3 Å². The van der Waals surface area contributed by atoms with Crippen molar-refractivity contribution < 1.29 is 18.5 Å². The van der Waals surface area contributed by atoms with Crippen molar-refractivity contribution in [3.05, 3.63) is 39.4 Å². The standard InChI is InChI=1S/C11H12F2N2O3/c1-3-6-14(2)11(16)9-7(12)4-5-8(10(9)13)15(17)18/h4-5H,3,6H2,1-2H3. The van der Waals surface area contributed by atoms with Crippen LogP contribution in [0.2, 0.25) is 0 Å². The number of hydrogen-bond acceptors (Lipinski definition) is 3. The Bertz CT molecular complexity index is 491. The van der Waals surface area contributed by atoms with Gasteiger partial charge < -0.3 is 4.90 Å². The van der Waals surface area contributed by atoms with E-state index in [0.717, 1.165) is 4.90 Å². The number of hydrogen-bond donors (Lipinski definition) is 0. The molecule has 0 aromatic heterocycles. The number of nitro benzene ring substituents is 1. The molecule has 0 saturated heterocycles. The summed E-state index contributed by atoms with van der Waals surface area (Å²) in [4.78, 5) is 22.4. The van der Waals surface area contributed by atoms with Crippen molar-refractivity contribution in [2.75, 3.05) is 13.6 Å². The zero-order valence-corrected chi connectivity index (χ0v) is 9.94. The Kier molecular flexibility index (Phi) is 4.30. The molecule has 0 aliphatic heterocycles. The van der Waals surface area contributed by atoms with Crippen LogP contribution < -0.4 is 0 Å². The molecule has 0 fully saturated rings. The smallest absolute Gasteiger partial charge is 0.305 e. The van der Waals surface area contributed by atoms with E-state index >= 15 is 0 Å². The molecule has 1 amide bonds. The Balaban J connectivity index is 3.27. The molecule has 0 spiro atoms. The lowest BCUT2D eigenvalue weighted by molar-refractivity contribution is -0.387. The summed E-state index contributed by atoms with van der Waals surface area (Å²) in [6.07, 6.45) is 0.612. The van der Waals surface area contributed by atoms with Gasteiger partial charge in [0.1, 0.15) is 11.4 Å². The number of carbonyl (C=O) groups excluding carboxylic acids is 1. The molecule has 0 radical (unpaired) electrons. The molecular weight excluding hydrogens is 246 g/mol. The maximum atomic E-state index is 13.7. The number of carbonyl (C=O) groups is 1. The summed E-state index contributed by atoms with van der Waals surface area (Å²) < 4.78 is 27.1. The van der Waals surface area contributed by atoms with Crippen molar-refractivity contribution in [1.82, 2.24) is 4.90 Å². The van der Waals surface area contributed by atoms with E-state index in [1.807, 2.05) is 0 Å². The van der Waals surface area contributed by atoms with Crippen LogP contribution in [0.5, 0.6) is 0 Å². The molecule has 0 heterocycles. The van der Waals surface area contributed by atoms with E-state index in [9.17, 15) is 23.7 Å². The van der Waals surface area contributed by atoms with Crippen molar-refractivity contribution in [2.24, 2.45) is 0 Å². The summed E-state index contributed by atoms with van der Waals surface area (Å²) in [5.41, 5.74) is -1.80. The third-order valence-corrected chi connectivity index (χ3v) is 2.39. The second-order valence-corrected chi connectivity index (χ2v) is 3.74. The second kappa shape index (κ2) is 5.52. The Morgan fingerprint density at radius 3 is 2.56 bits per heavy atom. The molecule has 0 unspecified atom stereocenters. The average Bonchev–Trinajstić information content (AvgIpc) is 2.28. The van der Waals surface area contributed by atoms with Crippen LogP contribution in [0.3, 0.4) is 0 Å². The summed E-state index contributed by atoms with van der Waals surface area (Å²) in [6, 6.07) is 1.41. The monoisotopic (exact) mass is 258 g/mol. The minimum atomic E-state index is -1.44. The largest absolute Gasteiger partial charge is 0.342 e. The zero-order chi connectivity index (χ0) is 13.9. The van der Waals surface area contributed by atoms with E-state index in [1.54, 1.807) is 6.92 Å². The van der Waals surface area contributed by atoms with Gasteiger partial charge in [-0.1, -0.05) is 6.92 Å². The number of benzene rings is 1. The summed E-state index contributed by atoms with van der Waals surface area (Å²) in [7, 11) is 1.38. The predicted molar refractivity (Wildman–Crippen MR) is 60.3 cm³/mol. The molecule has 7 heteroatoms. The van der Waals surface area contributed by atoms with Crippen LogP contribution in [0.15, 0.2) is 12.1 Å². The molecule has 0 aliphatic rings. The maximum absolute atomic E-state index is 13.7. The summed E-state index contributed by atoms with van der Waals surface area (Å²) in [5.74, 6) is -3.45. The number of rotatable bonds is 4. The van der Waals surface area contributed by atoms with E-state index in [-0.39, 0.29) is 0 Å². The minimum absolute atomic E-state index is 0.306. The first-order valence-electron chi connectivity index (χ1n) is 5.28. The molecule has 18 heavy (non-hydrogen) atoms. The van der Waals surface area contributed by atoms with Crippen LogP contribution in [-0.2, 0) is 0 Å². The number of halogens is 2. The first kappa shape index (κ1) is 14.0. The second-order valence-electron chi connectivity index (χ2n) is 3.74. The first-order chi connectivity index (χ1) is 8.40. The summed E-state index contributed by atoms with van der Waals surface area (Å²) in [6.45, 7) is 2.10. The maximum Gasteiger partial charge on any atom is 0.305 e. The molecule has 1 rings (SSSR count). The quantitative estimate of drug-likeness (QED) is 0.615. The highest BCUT2D eigenvalue weighted by Crippen LogP contribution is 2.24. The highest BCUT2D eigenvalue weighted by atomic mass is 19.1. The fraction of sp³-hybridized carbons (Fsp3) is 0.364. The van der Waals surface area contributed by atoms with Crippen molar-refractivity contribution in [1.29, 1.82) is 0 Å². The lowest BCUT2D eigenvalue weighted by Crippen LogP contribution is -2.29. The highest BCUT2D eigenvalue weighted by Gasteiger charge is 2.27. The molecule has 5 nitrogen and oxygen atoms in total. The van der Waals surface area contributed by atoms with Crippen LogP contribution in [0.4, 0.5) is 14.5 Å². The van der Waals surface area contributed by atoms with Gasteiger partial charge in [0.05, 0.1) is 4.92 Å². The lowest BCUT2D eigenvalue weighted by Gasteiger charge is -2.16. The van der Waals surface area contributed by atoms with Crippen molar-refractivity contribution >= 4 is 11.6 Å². The van der Waals surface area contributed by atoms with Gasteiger partial charge in [-0.05, 0) is 12.5 Å². The first-order valence-corrected chi connectivity index (χ1v) is 5.28. The Hall–Kier alpha value is -2.05. The summed E-state index contributed by atoms with van der Waals surface area (Å²) in [5, 5.41) is 10.5. The third-order valence-electron chi connectivity index (χ3n) is 2.39. The van der Waals surface area contributed by atoms with Gasteiger partial charge in [0, 0.05) is 19.7 Å². The molecule has 1 aromatic rings. The number of nitrogens with zero attached hydrogens (tertiary/aromatic N) is 2. The van der Waals surface area contributed by atoms with Gasteiger partial charge in [-0.15, -0.1) is 0 Å². The fourth-order valence-corrected chi connectivity index (χ4v) is 1.51. The minimum Gasteiger partial charge on any atom is -0.342 e. The van der Waals surface area contributed by atoms with Crippen LogP contribution >= 0.6 is 0 Å². The lowest BCUT2D eigenvalue weighted by atomic mass is 10.1. The highest BCUT2D eigenvalue weighted by molar-refractivity contribution is 5.95. The van der Waals surface area contributed by atoms with E-state index in [1.165, 1.54) is 7.05 Å². The van der Waals surface area contributed by atoms with E-state index < -0.39 is 33.7 Å². The Morgan fingerprint density at radius 1 is 1.44 bits per heavy atom. The van der Waals surface area contributed by atoms with Gasteiger partial charge in [0.2, 0.25) is 5.82 Å². The normalized spacial score (nSPS) is 10.2. The molecule has 1 aromatic carbocycles. The SMILES string of the molecule is CCCN(C)C(=O)c1c(F)ccc([N+](=O)[O-])c1F. The molecule has 0 saturated carbocycles.